The van der Waals surface area contributed by atoms with E-state index in [-0.39, 0.29) is 0 Å². The van der Waals surface area contributed by atoms with Crippen molar-refractivity contribution in [2.45, 2.75) is 27.2 Å². The molecule has 0 bridgehead atoms. The zero-order valence-electron chi connectivity index (χ0n) is 12.9. The van der Waals surface area contributed by atoms with E-state index in [1.165, 1.54) is 5.56 Å². The van der Waals surface area contributed by atoms with E-state index in [2.05, 4.69) is 38.1 Å². The molecule has 110 valence electrons. The monoisotopic (exact) mass is 282 g/mol. The van der Waals surface area contributed by atoms with Crippen molar-refractivity contribution in [3.63, 3.8) is 0 Å². The first kappa shape index (κ1) is 15.3. The first-order valence-electron chi connectivity index (χ1n) is 7.45. The van der Waals surface area contributed by atoms with Crippen LogP contribution in [-0.2, 0) is 6.42 Å². The molecule has 2 aromatic carbocycles. The maximum absolute atomic E-state index is 11.2. The highest BCUT2D eigenvalue weighted by Gasteiger charge is 2.07. The van der Waals surface area contributed by atoms with Crippen molar-refractivity contribution in [1.82, 2.24) is 0 Å². The Balaban J connectivity index is 2.35. The molecule has 0 saturated heterocycles. The molecule has 0 aliphatic heterocycles. The normalized spacial score (nSPS) is 10.7. The summed E-state index contributed by atoms with van der Waals surface area (Å²) in [4.78, 5) is 11.2. The Hall–Kier alpha value is -2.09. The number of hydrogen-bond acceptors (Lipinski definition) is 2. The van der Waals surface area contributed by atoms with Crippen LogP contribution < -0.4 is 4.74 Å². The van der Waals surface area contributed by atoms with Crippen LogP contribution in [0.15, 0.2) is 42.5 Å². The maximum Gasteiger partial charge on any atom is 0.150 e. The van der Waals surface area contributed by atoms with Crippen molar-refractivity contribution in [3.8, 4) is 16.9 Å². The van der Waals surface area contributed by atoms with Gasteiger partial charge < -0.3 is 4.74 Å². The van der Waals surface area contributed by atoms with Crippen LogP contribution in [0.2, 0.25) is 0 Å². The lowest BCUT2D eigenvalue weighted by Crippen LogP contribution is -1.95. The molecular formula is C19H22O2. The van der Waals surface area contributed by atoms with Crippen molar-refractivity contribution in [2.75, 3.05) is 6.61 Å². The molecule has 0 atom stereocenters. The van der Waals surface area contributed by atoms with Gasteiger partial charge in [0.25, 0.3) is 0 Å². The van der Waals surface area contributed by atoms with Gasteiger partial charge in [-0.1, -0.05) is 38.1 Å². The van der Waals surface area contributed by atoms with Gasteiger partial charge in [0.1, 0.15) is 5.75 Å². The van der Waals surface area contributed by atoms with Crippen LogP contribution in [0.5, 0.6) is 5.75 Å². The Kier molecular flexibility index (Phi) is 5.15. The van der Waals surface area contributed by atoms with E-state index in [0.29, 0.717) is 18.1 Å². The number of carbonyl (C=O) groups is 1. The second-order valence-electron chi connectivity index (χ2n) is 5.59. The fourth-order valence-electron chi connectivity index (χ4n) is 2.44. The van der Waals surface area contributed by atoms with E-state index < -0.39 is 0 Å². The Morgan fingerprint density at radius 3 is 2.38 bits per heavy atom. The fourth-order valence-corrected chi connectivity index (χ4v) is 2.44. The highest BCUT2D eigenvalue weighted by Crippen LogP contribution is 2.28. The number of aldehydes is 1. The summed E-state index contributed by atoms with van der Waals surface area (Å²) in [6, 6.07) is 14.0. The molecule has 2 heteroatoms. The van der Waals surface area contributed by atoms with Gasteiger partial charge in [0.05, 0.1) is 6.61 Å². The molecule has 2 nitrogen and oxygen atoms in total. The Morgan fingerprint density at radius 1 is 1.10 bits per heavy atom. The van der Waals surface area contributed by atoms with Crippen molar-refractivity contribution in [1.29, 1.82) is 0 Å². The lowest BCUT2D eigenvalue weighted by atomic mass is 9.96. The SMILES string of the molecule is CCOc1ccc(C=O)c(-c2ccc(CC(C)C)cc2)c1. The van der Waals surface area contributed by atoms with Crippen LogP contribution in [-0.4, -0.2) is 12.9 Å². The van der Waals surface area contributed by atoms with Crippen LogP contribution in [0, 0.1) is 5.92 Å². The largest absolute Gasteiger partial charge is 0.494 e. The molecule has 0 aliphatic carbocycles. The molecule has 0 fully saturated rings. The van der Waals surface area contributed by atoms with Gasteiger partial charge in [-0.25, -0.2) is 0 Å². The minimum absolute atomic E-state index is 0.618. The van der Waals surface area contributed by atoms with Gasteiger partial charge in [-0.3, -0.25) is 4.79 Å². The van der Waals surface area contributed by atoms with Crippen LogP contribution in [0.3, 0.4) is 0 Å². The molecule has 2 rings (SSSR count). The molecule has 0 amide bonds. The zero-order chi connectivity index (χ0) is 15.2. The van der Waals surface area contributed by atoms with E-state index in [4.69, 9.17) is 4.74 Å². The lowest BCUT2D eigenvalue weighted by molar-refractivity contribution is 0.112. The minimum Gasteiger partial charge on any atom is -0.494 e. The van der Waals surface area contributed by atoms with Crippen molar-refractivity contribution < 1.29 is 9.53 Å². The molecule has 2 aromatic rings. The molecule has 0 unspecified atom stereocenters. The van der Waals surface area contributed by atoms with E-state index in [9.17, 15) is 4.79 Å². The van der Waals surface area contributed by atoms with Gasteiger partial charge in [-0.15, -0.1) is 0 Å². The molecule has 0 saturated carbocycles. The topological polar surface area (TPSA) is 26.3 Å². The van der Waals surface area contributed by atoms with E-state index in [1.807, 2.05) is 25.1 Å². The summed E-state index contributed by atoms with van der Waals surface area (Å²) in [5.41, 5.74) is 3.98. The third kappa shape index (κ3) is 3.94. The van der Waals surface area contributed by atoms with Crippen LogP contribution in [0.4, 0.5) is 0 Å². The van der Waals surface area contributed by atoms with E-state index >= 15 is 0 Å². The average Bonchev–Trinajstić information content (AvgIpc) is 2.48. The van der Waals surface area contributed by atoms with E-state index in [0.717, 1.165) is 29.6 Å². The molecule has 0 heterocycles. The van der Waals surface area contributed by atoms with Crippen LogP contribution >= 0.6 is 0 Å². The molecular weight excluding hydrogens is 260 g/mol. The number of carbonyl (C=O) groups excluding carboxylic acids is 1. The van der Waals surface area contributed by atoms with Gasteiger partial charge in [-0.05, 0) is 54.2 Å². The summed E-state index contributed by atoms with van der Waals surface area (Å²) < 4.78 is 5.53. The molecule has 0 aliphatic rings. The zero-order valence-corrected chi connectivity index (χ0v) is 12.9. The average molecular weight is 282 g/mol. The van der Waals surface area contributed by atoms with Gasteiger partial charge in [0.15, 0.2) is 6.29 Å². The van der Waals surface area contributed by atoms with Gasteiger partial charge in [-0.2, -0.15) is 0 Å². The Labute approximate surface area is 126 Å². The highest BCUT2D eigenvalue weighted by molar-refractivity contribution is 5.88. The molecule has 0 radical (unpaired) electrons. The molecule has 0 N–H and O–H groups in total. The predicted molar refractivity (Wildman–Crippen MR) is 87.0 cm³/mol. The summed E-state index contributed by atoms with van der Waals surface area (Å²) in [6.45, 7) is 7.00. The summed E-state index contributed by atoms with van der Waals surface area (Å²) in [6.07, 6.45) is 1.97. The Morgan fingerprint density at radius 2 is 1.81 bits per heavy atom. The predicted octanol–water partition coefficient (Wildman–Crippen LogP) is 4.76. The van der Waals surface area contributed by atoms with Gasteiger partial charge in [0.2, 0.25) is 0 Å². The van der Waals surface area contributed by atoms with Crippen molar-refractivity contribution in [2.24, 2.45) is 5.92 Å². The van der Waals surface area contributed by atoms with E-state index in [1.54, 1.807) is 0 Å². The first-order chi connectivity index (χ1) is 10.1. The van der Waals surface area contributed by atoms with Crippen LogP contribution in [0.1, 0.15) is 36.7 Å². The first-order valence-corrected chi connectivity index (χ1v) is 7.45. The standard InChI is InChI=1S/C19H22O2/c1-4-21-18-10-9-17(13-20)19(12-18)16-7-5-15(6-8-16)11-14(2)3/h5-10,12-14H,4,11H2,1-3H3. The summed E-state index contributed by atoms with van der Waals surface area (Å²) in [5.74, 6) is 1.44. The molecule has 21 heavy (non-hydrogen) atoms. The molecule has 0 aromatic heterocycles. The summed E-state index contributed by atoms with van der Waals surface area (Å²) in [7, 11) is 0. The molecule has 0 spiro atoms. The number of ether oxygens (including phenoxy) is 1. The van der Waals surface area contributed by atoms with Crippen LogP contribution in [0.25, 0.3) is 11.1 Å². The maximum atomic E-state index is 11.2. The number of hydrogen-bond donors (Lipinski definition) is 0. The Bertz CT molecular complexity index is 597. The van der Waals surface area contributed by atoms with Crippen molar-refractivity contribution >= 4 is 6.29 Å². The number of rotatable bonds is 6. The quantitative estimate of drug-likeness (QED) is 0.714. The van der Waals surface area contributed by atoms with Crippen molar-refractivity contribution in [3.05, 3.63) is 53.6 Å². The highest BCUT2D eigenvalue weighted by atomic mass is 16.5. The third-order valence-corrected chi connectivity index (χ3v) is 3.37. The third-order valence-electron chi connectivity index (χ3n) is 3.37. The second kappa shape index (κ2) is 7.07. The fraction of sp³-hybridized carbons (Fsp3) is 0.316. The van der Waals surface area contributed by atoms with Gasteiger partial charge in [0, 0.05) is 5.56 Å². The lowest BCUT2D eigenvalue weighted by Gasteiger charge is -2.10. The summed E-state index contributed by atoms with van der Waals surface area (Å²) in [5, 5.41) is 0. The number of benzene rings is 2. The minimum atomic E-state index is 0.618. The second-order valence-corrected chi connectivity index (χ2v) is 5.59. The smallest absolute Gasteiger partial charge is 0.150 e. The summed E-state index contributed by atoms with van der Waals surface area (Å²) >= 11 is 0. The van der Waals surface area contributed by atoms with Gasteiger partial charge >= 0.3 is 0 Å².